The van der Waals surface area contributed by atoms with Gasteiger partial charge in [-0.15, -0.1) is 0 Å². The lowest BCUT2D eigenvalue weighted by Crippen LogP contribution is -2.21. The normalized spacial score (nSPS) is 13.5. The van der Waals surface area contributed by atoms with Crippen molar-refractivity contribution in [1.82, 2.24) is 0 Å². The van der Waals surface area contributed by atoms with Gasteiger partial charge in [-0.3, -0.25) is 14.9 Å². The Morgan fingerprint density at radius 2 is 2.10 bits per heavy atom. The molecule has 2 unspecified atom stereocenters. The fraction of sp³-hybridized carbons (Fsp3) is 0.500. The third-order valence-electron chi connectivity index (χ3n) is 3.17. The van der Waals surface area contributed by atoms with Crippen molar-refractivity contribution in [1.29, 1.82) is 0 Å². The zero-order valence-corrected chi connectivity index (χ0v) is 13.7. The number of carbonyl (C=O) groups excluding carboxylic acids is 1. The Morgan fingerprint density at radius 1 is 1.43 bits per heavy atom. The van der Waals surface area contributed by atoms with Crippen molar-refractivity contribution in [2.75, 3.05) is 5.32 Å². The van der Waals surface area contributed by atoms with Gasteiger partial charge in [-0.1, -0.05) is 13.3 Å². The van der Waals surface area contributed by atoms with Crippen molar-refractivity contribution in [2.24, 2.45) is 11.7 Å². The molecule has 21 heavy (non-hydrogen) atoms. The number of non-ortho nitro benzene ring substituents is 1. The molecule has 7 heteroatoms. The van der Waals surface area contributed by atoms with Crippen molar-refractivity contribution in [3.63, 3.8) is 0 Å². The summed E-state index contributed by atoms with van der Waals surface area (Å²) in [6, 6.07) is 4.40. The minimum atomic E-state index is -0.479. The molecule has 1 aromatic carbocycles. The van der Waals surface area contributed by atoms with E-state index in [1.165, 1.54) is 18.2 Å². The largest absolute Gasteiger partial charge is 0.328 e. The number of benzene rings is 1. The number of rotatable bonds is 7. The molecule has 0 saturated heterocycles. The Bertz CT molecular complexity index is 520. The molecule has 0 aliphatic heterocycles. The lowest BCUT2D eigenvalue weighted by atomic mass is 10.0. The van der Waals surface area contributed by atoms with E-state index in [1.54, 1.807) is 0 Å². The highest BCUT2D eigenvalue weighted by Crippen LogP contribution is 2.27. The van der Waals surface area contributed by atoms with Gasteiger partial charge in [0, 0.05) is 28.6 Å². The highest BCUT2D eigenvalue weighted by molar-refractivity contribution is 9.10. The van der Waals surface area contributed by atoms with Gasteiger partial charge in [0.1, 0.15) is 0 Å². The highest BCUT2D eigenvalue weighted by Gasteiger charge is 2.16. The lowest BCUT2D eigenvalue weighted by molar-refractivity contribution is -0.384. The second-order valence-corrected chi connectivity index (χ2v) is 6.07. The molecule has 1 aromatic rings. The number of anilines is 1. The molecule has 0 aliphatic carbocycles. The molecule has 0 radical (unpaired) electrons. The van der Waals surface area contributed by atoms with E-state index in [0.29, 0.717) is 10.2 Å². The average Bonchev–Trinajstić information content (AvgIpc) is 2.40. The van der Waals surface area contributed by atoms with Crippen LogP contribution in [0.1, 0.15) is 33.1 Å². The van der Waals surface area contributed by atoms with Gasteiger partial charge < -0.3 is 11.1 Å². The quantitative estimate of drug-likeness (QED) is 0.576. The van der Waals surface area contributed by atoms with Crippen LogP contribution in [-0.2, 0) is 4.79 Å². The number of hydrogen-bond acceptors (Lipinski definition) is 4. The van der Waals surface area contributed by atoms with Crippen molar-refractivity contribution in [3.8, 4) is 0 Å². The van der Waals surface area contributed by atoms with E-state index in [0.717, 1.165) is 19.3 Å². The van der Waals surface area contributed by atoms with Gasteiger partial charge >= 0.3 is 0 Å². The van der Waals surface area contributed by atoms with E-state index in [2.05, 4.69) is 21.2 Å². The standard InChI is InChI=1S/C14H20BrN3O3/c1-9(4-3-5-10(2)16)14(19)17-13-7-6-11(18(20)21)8-12(13)15/h6-10H,3-5,16H2,1-2H3,(H,17,19). The summed E-state index contributed by atoms with van der Waals surface area (Å²) in [5.74, 6) is -0.236. The van der Waals surface area contributed by atoms with Crippen LogP contribution in [0.4, 0.5) is 11.4 Å². The van der Waals surface area contributed by atoms with Gasteiger partial charge in [-0.05, 0) is 41.8 Å². The highest BCUT2D eigenvalue weighted by atomic mass is 79.9. The molecule has 3 N–H and O–H groups in total. The first-order chi connectivity index (χ1) is 9.81. The molecule has 0 saturated carbocycles. The maximum Gasteiger partial charge on any atom is 0.270 e. The maximum absolute atomic E-state index is 12.1. The Balaban J connectivity index is 2.60. The topological polar surface area (TPSA) is 98.3 Å². The van der Waals surface area contributed by atoms with Crippen LogP contribution < -0.4 is 11.1 Å². The van der Waals surface area contributed by atoms with Crippen LogP contribution in [-0.4, -0.2) is 16.9 Å². The zero-order valence-electron chi connectivity index (χ0n) is 12.1. The van der Waals surface area contributed by atoms with E-state index in [9.17, 15) is 14.9 Å². The fourth-order valence-corrected chi connectivity index (χ4v) is 2.32. The minimum Gasteiger partial charge on any atom is -0.328 e. The molecule has 116 valence electrons. The van der Waals surface area contributed by atoms with Crippen LogP contribution in [0.15, 0.2) is 22.7 Å². The van der Waals surface area contributed by atoms with Crippen LogP contribution in [0.5, 0.6) is 0 Å². The van der Waals surface area contributed by atoms with Gasteiger partial charge in [0.2, 0.25) is 5.91 Å². The molecule has 0 bridgehead atoms. The van der Waals surface area contributed by atoms with E-state index in [-0.39, 0.29) is 23.6 Å². The lowest BCUT2D eigenvalue weighted by Gasteiger charge is -2.13. The zero-order chi connectivity index (χ0) is 16.0. The summed E-state index contributed by atoms with van der Waals surface area (Å²) in [7, 11) is 0. The van der Waals surface area contributed by atoms with Crippen LogP contribution in [0, 0.1) is 16.0 Å². The SMILES string of the molecule is CC(N)CCCC(C)C(=O)Nc1ccc([N+](=O)[O-])cc1Br. The fourth-order valence-electron chi connectivity index (χ4n) is 1.85. The van der Waals surface area contributed by atoms with Gasteiger partial charge in [-0.25, -0.2) is 0 Å². The smallest absolute Gasteiger partial charge is 0.270 e. The van der Waals surface area contributed by atoms with Gasteiger partial charge in [-0.2, -0.15) is 0 Å². The third-order valence-corrected chi connectivity index (χ3v) is 3.82. The number of halogens is 1. The number of nitrogens with two attached hydrogens (primary N) is 1. The minimum absolute atomic E-state index is 0.0233. The number of amides is 1. The van der Waals surface area contributed by atoms with Crippen LogP contribution >= 0.6 is 15.9 Å². The van der Waals surface area contributed by atoms with E-state index in [4.69, 9.17) is 5.73 Å². The van der Waals surface area contributed by atoms with Crippen LogP contribution in [0.3, 0.4) is 0 Å². The molecule has 0 fully saturated rings. The van der Waals surface area contributed by atoms with Gasteiger partial charge in [0.15, 0.2) is 0 Å². The molecule has 0 heterocycles. The molecule has 1 rings (SSSR count). The maximum atomic E-state index is 12.1. The number of nitrogens with one attached hydrogen (secondary N) is 1. The molecule has 0 spiro atoms. The molecule has 2 atom stereocenters. The third kappa shape index (κ3) is 5.81. The molecular formula is C14H20BrN3O3. The van der Waals surface area contributed by atoms with Crippen molar-refractivity contribution in [3.05, 3.63) is 32.8 Å². The second-order valence-electron chi connectivity index (χ2n) is 5.22. The summed E-state index contributed by atoms with van der Waals surface area (Å²) in [5.41, 5.74) is 6.18. The number of nitro benzene ring substituents is 1. The number of carbonyl (C=O) groups is 1. The number of hydrogen-bond donors (Lipinski definition) is 2. The first kappa shape index (κ1) is 17.6. The molecule has 1 amide bonds. The van der Waals surface area contributed by atoms with E-state index < -0.39 is 4.92 Å². The predicted molar refractivity (Wildman–Crippen MR) is 86.1 cm³/mol. The van der Waals surface area contributed by atoms with E-state index >= 15 is 0 Å². The summed E-state index contributed by atoms with van der Waals surface area (Å²) in [6.07, 6.45) is 2.55. The summed E-state index contributed by atoms with van der Waals surface area (Å²) >= 11 is 3.23. The first-order valence-electron chi connectivity index (χ1n) is 6.81. The van der Waals surface area contributed by atoms with Crippen LogP contribution in [0.2, 0.25) is 0 Å². The molecule has 0 aromatic heterocycles. The van der Waals surface area contributed by atoms with E-state index in [1.807, 2.05) is 13.8 Å². The molecular weight excluding hydrogens is 338 g/mol. The average molecular weight is 358 g/mol. The Labute approximate surface area is 132 Å². The van der Waals surface area contributed by atoms with Gasteiger partial charge in [0.25, 0.3) is 5.69 Å². The van der Waals surface area contributed by atoms with Crippen LogP contribution in [0.25, 0.3) is 0 Å². The number of nitro groups is 1. The van der Waals surface area contributed by atoms with Gasteiger partial charge in [0.05, 0.1) is 10.6 Å². The first-order valence-corrected chi connectivity index (χ1v) is 7.61. The Morgan fingerprint density at radius 3 is 2.62 bits per heavy atom. The Kier molecular flexibility index (Phi) is 6.77. The monoisotopic (exact) mass is 357 g/mol. The van der Waals surface area contributed by atoms with Crippen molar-refractivity contribution >= 4 is 33.2 Å². The summed E-state index contributed by atoms with van der Waals surface area (Å²) in [5, 5.41) is 13.4. The summed E-state index contributed by atoms with van der Waals surface area (Å²) < 4.78 is 0.493. The summed E-state index contributed by atoms with van der Waals surface area (Å²) in [4.78, 5) is 22.2. The Hall–Kier alpha value is -1.47. The summed E-state index contributed by atoms with van der Waals surface area (Å²) in [6.45, 7) is 3.80. The predicted octanol–water partition coefficient (Wildman–Crippen LogP) is 3.45. The van der Waals surface area contributed by atoms with Crippen molar-refractivity contribution in [2.45, 2.75) is 39.2 Å². The van der Waals surface area contributed by atoms with Crippen molar-refractivity contribution < 1.29 is 9.72 Å². The molecule has 6 nitrogen and oxygen atoms in total. The second kappa shape index (κ2) is 8.09. The number of nitrogens with zero attached hydrogens (tertiary/aromatic N) is 1. The molecule has 0 aliphatic rings.